The molecule has 0 saturated carbocycles. The SMILES string of the molecule is [2H]C([2H])([2H])C1=[N+](C)N(C)[C@H](C)[C@H]1C(C)(C)C. The molecule has 0 aliphatic carbocycles. The Kier molecular flexibility index (Phi) is 1.58. The molecule has 0 unspecified atom stereocenters. The van der Waals surface area contributed by atoms with E-state index in [-0.39, 0.29) is 17.4 Å². The zero-order valence-electron chi connectivity index (χ0n) is 12.5. The number of hydrogen-bond donors (Lipinski definition) is 0. The van der Waals surface area contributed by atoms with E-state index in [0.717, 1.165) is 0 Å². The van der Waals surface area contributed by atoms with Crippen LogP contribution in [0.5, 0.6) is 0 Å². The summed E-state index contributed by atoms with van der Waals surface area (Å²) in [6.45, 7) is 6.39. The quantitative estimate of drug-likeness (QED) is 0.524. The van der Waals surface area contributed by atoms with Gasteiger partial charge in [-0.1, -0.05) is 20.8 Å². The van der Waals surface area contributed by atoms with Gasteiger partial charge in [0.25, 0.3) is 0 Å². The molecule has 2 heteroatoms. The van der Waals surface area contributed by atoms with E-state index in [1.807, 2.05) is 19.1 Å². The third-order valence-corrected chi connectivity index (χ3v) is 3.12. The first-order valence-electron chi connectivity index (χ1n) is 6.31. The molecule has 0 saturated heterocycles. The van der Waals surface area contributed by atoms with Gasteiger partial charge < -0.3 is 0 Å². The zero-order valence-corrected chi connectivity index (χ0v) is 9.55. The van der Waals surface area contributed by atoms with Gasteiger partial charge >= 0.3 is 0 Å². The van der Waals surface area contributed by atoms with E-state index in [2.05, 4.69) is 27.7 Å². The lowest BCUT2D eigenvalue weighted by molar-refractivity contribution is -0.658. The average Bonchev–Trinajstić information content (AvgIpc) is 2.27. The van der Waals surface area contributed by atoms with E-state index < -0.39 is 6.85 Å². The normalized spacial score (nSPS) is 34.6. The third-order valence-electron chi connectivity index (χ3n) is 3.12. The molecule has 0 fully saturated rings. The predicted molar refractivity (Wildman–Crippen MR) is 57.0 cm³/mol. The first-order chi connectivity index (χ1) is 6.98. The lowest BCUT2D eigenvalue weighted by Crippen LogP contribution is -2.37. The average molecular weight is 186 g/mol. The molecule has 0 amide bonds. The molecule has 1 aliphatic heterocycles. The minimum Gasteiger partial charge on any atom is -0.186 e. The highest BCUT2D eigenvalue weighted by Crippen LogP contribution is 2.35. The number of hydrogen-bond acceptors (Lipinski definition) is 1. The smallest absolute Gasteiger partial charge is 0.185 e. The van der Waals surface area contributed by atoms with Crippen molar-refractivity contribution in [2.75, 3.05) is 14.1 Å². The summed E-state index contributed by atoms with van der Waals surface area (Å²) in [5, 5.41) is 2.01. The lowest BCUT2D eigenvalue weighted by Gasteiger charge is -2.28. The van der Waals surface area contributed by atoms with Gasteiger partial charge in [0.1, 0.15) is 0 Å². The Morgan fingerprint density at radius 2 is 2.00 bits per heavy atom. The molecule has 1 heterocycles. The topological polar surface area (TPSA) is 6.25 Å². The molecular formula is C11H23N2+. The predicted octanol–water partition coefficient (Wildman–Crippen LogP) is 2.00. The van der Waals surface area contributed by atoms with Crippen LogP contribution in [0.2, 0.25) is 0 Å². The van der Waals surface area contributed by atoms with Crippen LogP contribution in [0, 0.1) is 11.3 Å². The molecule has 0 aromatic heterocycles. The second-order valence-corrected chi connectivity index (χ2v) is 5.07. The van der Waals surface area contributed by atoms with Crippen molar-refractivity contribution >= 4 is 5.71 Å². The Labute approximate surface area is 86.4 Å². The van der Waals surface area contributed by atoms with E-state index >= 15 is 0 Å². The van der Waals surface area contributed by atoms with Crippen LogP contribution in [0.15, 0.2) is 0 Å². The van der Waals surface area contributed by atoms with Crippen LogP contribution >= 0.6 is 0 Å². The van der Waals surface area contributed by atoms with Crippen LogP contribution < -0.4 is 0 Å². The van der Waals surface area contributed by atoms with Crippen molar-refractivity contribution in [3.05, 3.63) is 0 Å². The monoisotopic (exact) mass is 186 g/mol. The van der Waals surface area contributed by atoms with Gasteiger partial charge in [-0.25, -0.2) is 0 Å². The fraction of sp³-hybridized carbons (Fsp3) is 0.909. The molecule has 0 N–H and O–H groups in total. The molecular weight excluding hydrogens is 160 g/mol. The molecule has 0 radical (unpaired) electrons. The Bertz CT molecular complexity index is 312. The standard InChI is InChI=1S/C11H23N2/c1-8-10(11(3,4)5)9(2)13(7)12(8)6/h8,10H,1-7H3/q+1/t8-,10-/m1/s1/i2D3. The van der Waals surface area contributed by atoms with E-state index in [4.69, 9.17) is 4.11 Å². The third kappa shape index (κ3) is 1.59. The summed E-state index contributed by atoms with van der Waals surface area (Å²) in [6, 6.07) is 0.223. The maximum atomic E-state index is 7.68. The van der Waals surface area contributed by atoms with Crippen molar-refractivity contribution in [2.45, 2.75) is 40.6 Å². The Balaban J connectivity index is 3.28. The van der Waals surface area contributed by atoms with Crippen molar-refractivity contribution in [2.24, 2.45) is 11.3 Å². The van der Waals surface area contributed by atoms with E-state index in [0.29, 0.717) is 5.71 Å². The van der Waals surface area contributed by atoms with E-state index in [9.17, 15) is 0 Å². The summed E-state index contributed by atoms with van der Waals surface area (Å²) < 4.78 is 24.8. The van der Waals surface area contributed by atoms with Crippen molar-refractivity contribution in [3.63, 3.8) is 0 Å². The lowest BCUT2D eigenvalue weighted by atomic mass is 9.75. The van der Waals surface area contributed by atoms with Crippen molar-refractivity contribution in [3.8, 4) is 0 Å². The van der Waals surface area contributed by atoms with Crippen LogP contribution in [0.3, 0.4) is 0 Å². The van der Waals surface area contributed by atoms with Crippen LogP contribution in [0.25, 0.3) is 0 Å². The highest BCUT2D eigenvalue weighted by atomic mass is 15.6. The van der Waals surface area contributed by atoms with Gasteiger partial charge in [-0.05, 0) is 12.3 Å². The summed E-state index contributed by atoms with van der Waals surface area (Å²) in [7, 11) is 3.78. The number of rotatable bonds is 0. The van der Waals surface area contributed by atoms with E-state index in [1.165, 1.54) is 0 Å². The van der Waals surface area contributed by atoms with Crippen LogP contribution in [0.1, 0.15) is 38.7 Å². The molecule has 0 bridgehead atoms. The van der Waals surface area contributed by atoms with E-state index in [1.54, 1.807) is 4.68 Å². The highest BCUT2D eigenvalue weighted by Gasteiger charge is 2.45. The largest absolute Gasteiger partial charge is 0.186 e. The first kappa shape index (κ1) is 6.86. The molecule has 1 aliphatic rings. The second kappa shape index (κ2) is 3.00. The summed E-state index contributed by atoms with van der Waals surface area (Å²) in [4.78, 5) is 0. The fourth-order valence-corrected chi connectivity index (χ4v) is 2.22. The van der Waals surface area contributed by atoms with Crippen LogP contribution in [-0.2, 0) is 0 Å². The molecule has 13 heavy (non-hydrogen) atoms. The molecule has 0 spiro atoms. The summed E-state index contributed by atoms with van der Waals surface area (Å²) >= 11 is 0. The number of nitrogens with zero attached hydrogens (tertiary/aromatic N) is 2. The molecule has 0 aromatic rings. The van der Waals surface area contributed by atoms with Gasteiger partial charge in [-0.15, -0.1) is 4.68 Å². The summed E-state index contributed by atoms with van der Waals surface area (Å²) in [6.07, 6.45) is 0. The minimum atomic E-state index is -2.01. The molecule has 76 valence electrons. The van der Waals surface area contributed by atoms with Crippen LogP contribution in [0.4, 0.5) is 0 Å². The van der Waals surface area contributed by atoms with Crippen LogP contribution in [-0.4, -0.2) is 35.5 Å². The molecule has 1 rings (SSSR count). The Morgan fingerprint density at radius 3 is 2.31 bits per heavy atom. The fourth-order valence-electron chi connectivity index (χ4n) is 2.22. The van der Waals surface area contributed by atoms with Gasteiger partial charge in [0.15, 0.2) is 12.8 Å². The Hall–Kier alpha value is -0.530. The van der Waals surface area contributed by atoms with Gasteiger partial charge in [-0.2, -0.15) is 5.01 Å². The Morgan fingerprint density at radius 1 is 1.46 bits per heavy atom. The number of hydrazone groups is 1. The molecule has 2 atom stereocenters. The van der Waals surface area contributed by atoms with Crippen molar-refractivity contribution in [1.82, 2.24) is 5.01 Å². The van der Waals surface area contributed by atoms with Gasteiger partial charge in [0, 0.05) is 11.0 Å². The van der Waals surface area contributed by atoms with Gasteiger partial charge in [-0.3, -0.25) is 0 Å². The zero-order chi connectivity index (χ0) is 12.9. The van der Waals surface area contributed by atoms with Crippen molar-refractivity contribution in [1.29, 1.82) is 0 Å². The second-order valence-electron chi connectivity index (χ2n) is 5.07. The highest BCUT2D eigenvalue weighted by molar-refractivity contribution is 5.81. The van der Waals surface area contributed by atoms with Gasteiger partial charge in [0.05, 0.1) is 19.0 Å². The molecule has 2 nitrogen and oxygen atoms in total. The maximum Gasteiger partial charge on any atom is 0.185 e. The summed E-state index contributed by atoms with van der Waals surface area (Å²) in [5.74, 6) is 0.0648. The maximum absolute atomic E-state index is 7.68. The number of hydrazine groups is 1. The van der Waals surface area contributed by atoms with Crippen molar-refractivity contribution < 1.29 is 8.80 Å². The van der Waals surface area contributed by atoms with Gasteiger partial charge in [0.2, 0.25) is 0 Å². The molecule has 0 aromatic carbocycles. The minimum absolute atomic E-state index is 0.0395. The summed E-state index contributed by atoms with van der Waals surface area (Å²) in [5.41, 5.74) is 0.525. The first-order valence-corrected chi connectivity index (χ1v) is 4.81.